The Kier molecular flexibility index (Phi) is 3.07. The highest BCUT2D eigenvalue weighted by Crippen LogP contribution is 2.45. The molecular formula is C18H17BrO2. The largest absolute Gasteiger partial charge is 0.478 e. The van der Waals surface area contributed by atoms with Crippen LogP contribution in [0.2, 0.25) is 0 Å². The Morgan fingerprint density at radius 3 is 2.38 bits per heavy atom. The fraction of sp³-hybridized carbons (Fsp3) is 0.389. The molecule has 0 unspecified atom stereocenters. The maximum Gasteiger partial charge on any atom is 0.210 e. The molecule has 0 bridgehead atoms. The average Bonchev–Trinajstić information content (AvgIpc) is 2.66. The normalized spacial score (nSPS) is 22.8. The molecular weight excluding hydrogens is 328 g/mol. The number of Topliss-reactive ketones (excluding diaryl/α,β-unsaturated/α-hetero) is 1. The maximum absolute atomic E-state index is 12.9. The lowest BCUT2D eigenvalue weighted by Gasteiger charge is -2.25. The Bertz CT molecular complexity index is 660. The van der Waals surface area contributed by atoms with Gasteiger partial charge in [-0.1, -0.05) is 28.1 Å². The van der Waals surface area contributed by atoms with E-state index in [-0.39, 0.29) is 5.78 Å². The fourth-order valence-corrected chi connectivity index (χ4v) is 4.06. The number of benzene rings is 1. The van der Waals surface area contributed by atoms with E-state index in [0.29, 0.717) is 0 Å². The van der Waals surface area contributed by atoms with E-state index in [4.69, 9.17) is 4.74 Å². The summed E-state index contributed by atoms with van der Waals surface area (Å²) in [6.07, 6.45) is 10.4. The van der Waals surface area contributed by atoms with Crippen LogP contribution < -0.4 is 4.74 Å². The van der Waals surface area contributed by atoms with Crippen LogP contribution in [0.25, 0.3) is 0 Å². The summed E-state index contributed by atoms with van der Waals surface area (Å²) in [5, 5.41) is 0. The Morgan fingerprint density at radius 1 is 1.05 bits per heavy atom. The molecule has 1 heterocycles. The van der Waals surface area contributed by atoms with Crippen LogP contribution >= 0.6 is 15.9 Å². The topological polar surface area (TPSA) is 26.3 Å². The van der Waals surface area contributed by atoms with Gasteiger partial charge in [0.2, 0.25) is 5.78 Å². The van der Waals surface area contributed by atoms with Crippen LogP contribution in [-0.4, -0.2) is 11.4 Å². The molecule has 3 aliphatic rings. The molecule has 4 rings (SSSR count). The molecule has 0 saturated heterocycles. The molecule has 1 aromatic carbocycles. The lowest BCUT2D eigenvalue weighted by molar-refractivity contribution is 0.0504. The summed E-state index contributed by atoms with van der Waals surface area (Å²) in [5.74, 6) is 0.912. The molecule has 1 spiro atoms. The molecule has 1 aromatic rings. The number of halogens is 1. The van der Waals surface area contributed by atoms with Gasteiger partial charge in [-0.3, -0.25) is 4.79 Å². The van der Waals surface area contributed by atoms with Gasteiger partial charge in [0.1, 0.15) is 5.75 Å². The minimum absolute atomic E-state index is 0.165. The Morgan fingerprint density at radius 2 is 1.71 bits per heavy atom. The van der Waals surface area contributed by atoms with Gasteiger partial charge < -0.3 is 4.74 Å². The standard InChI is InChI=1S/C18H17BrO2/c19-14-5-6-16-15(11-14)17(20)18(21-16)9-7-12-3-1-2-4-13(12)8-10-18/h3-6,11H,1-2,7-10H2. The Hall–Kier alpha value is -1.35. The van der Waals surface area contributed by atoms with Crippen molar-refractivity contribution in [2.75, 3.05) is 0 Å². The van der Waals surface area contributed by atoms with Gasteiger partial charge in [-0.2, -0.15) is 0 Å². The Labute approximate surface area is 133 Å². The summed E-state index contributed by atoms with van der Waals surface area (Å²) >= 11 is 3.44. The summed E-state index contributed by atoms with van der Waals surface area (Å²) in [5.41, 5.74) is 2.97. The summed E-state index contributed by atoms with van der Waals surface area (Å²) in [6.45, 7) is 0. The number of ether oxygens (including phenoxy) is 1. The van der Waals surface area contributed by atoms with E-state index < -0.39 is 5.60 Å². The zero-order valence-corrected chi connectivity index (χ0v) is 13.4. The number of allylic oxidation sites excluding steroid dienone is 4. The van der Waals surface area contributed by atoms with E-state index in [0.717, 1.165) is 54.3 Å². The first-order valence-corrected chi connectivity index (χ1v) is 8.39. The van der Waals surface area contributed by atoms with Gasteiger partial charge >= 0.3 is 0 Å². The number of carbonyl (C=O) groups excluding carboxylic acids is 1. The molecule has 3 heteroatoms. The SMILES string of the molecule is O=C1c2cc(Br)ccc2OC12CCC1=CCCC=C1CC2. The first-order chi connectivity index (χ1) is 10.2. The predicted molar refractivity (Wildman–Crippen MR) is 85.7 cm³/mol. The van der Waals surface area contributed by atoms with Crippen LogP contribution in [0.5, 0.6) is 5.75 Å². The summed E-state index contributed by atoms with van der Waals surface area (Å²) in [7, 11) is 0. The molecule has 108 valence electrons. The molecule has 1 aliphatic heterocycles. The molecule has 1 saturated carbocycles. The van der Waals surface area contributed by atoms with Crippen molar-refractivity contribution >= 4 is 21.7 Å². The highest BCUT2D eigenvalue weighted by atomic mass is 79.9. The molecule has 0 atom stereocenters. The van der Waals surface area contributed by atoms with Crippen LogP contribution in [0.15, 0.2) is 46.0 Å². The predicted octanol–water partition coefficient (Wildman–Crippen LogP) is 4.98. The number of fused-ring (bicyclic) bond motifs is 2. The molecule has 0 amide bonds. The van der Waals surface area contributed by atoms with Crippen LogP contribution in [0.1, 0.15) is 48.9 Å². The first-order valence-electron chi connectivity index (χ1n) is 7.60. The quantitative estimate of drug-likeness (QED) is 0.663. The van der Waals surface area contributed by atoms with E-state index in [1.54, 1.807) is 0 Å². The number of hydrogen-bond donors (Lipinski definition) is 0. The van der Waals surface area contributed by atoms with E-state index in [2.05, 4.69) is 28.1 Å². The third-order valence-electron chi connectivity index (χ3n) is 4.86. The highest BCUT2D eigenvalue weighted by molar-refractivity contribution is 9.10. The average molecular weight is 345 g/mol. The molecule has 1 fully saturated rings. The van der Waals surface area contributed by atoms with E-state index in [1.165, 1.54) is 11.1 Å². The summed E-state index contributed by atoms with van der Waals surface area (Å²) < 4.78 is 7.10. The van der Waals surface area contributed by atoms with Crippen LogP contribution in [0, 0.1) is 0 Å². The van der Waals surface area contributed by atoms with Crippen molar-refractivity contribution in [1.29, 1.82) is 0 Å². The number of hydrogen-bond acceptors (Lipinski definition) is 2. The molecule has 0 aromatic heterocycles. The minimum atomic E-state index is -0.637. The number of ketones is 1. The van der Waals surface area contributed by atoms with Crippen molar-refractivity contribution < 1.29 is 9.53 Å². The maximum atomic E-state index is 12.9. The van der Waals surface area contributed by atoms with Gasteiger partial charge in [-0.15, -0.1) is 0 Å². The second kappa shape index (κ2) is 4.84. The van der Waals surface area contributed by atoms with E-state index in [1.807, 2.05) is 18.2 Å². The van der Waals surface area contributed by atoms with Crippen molar-refractivity contribution in [3.05, 3.63) is 51.5 Å². The zero-order chi connectivity index (χ0) is 14.4. The van der Waals surface area contributed by atoms with Gasteiger partial charge in [0.05, 0.1) is 5.56 Å². The van der Waals surface area contributed by atoms with Gasteiger partial charge in [0.25, 0.3) is 0 Å². The monoisotopic (exact) mass is 344 g/mol. The second-order valence-electron chi connectivity index (χ2n) is 6.10. The molecule has 0 radical (unpaired) electrons. The van der Waals surface area contributed by atoms with E-state index in [9.17, 15) is 4.79 Å². The number of carbonyl (C=O) groups is 1. The first kappa shape index (κ1) is 13.3. The lowest BCUT2D eigenvalue weighted by atomic mass is 9.88. The second-order valence-corrected chi connectivity index (χ2v) is 7.02. The molecule has 2 nitrogen and oxygen atoms in total. The number of rotatable bonds is 0. The summed E-state index contributed by atoms with van der Waals surface area (Å²) in [4.78, 5) is 12.9. The molecule has 21 heavy (non-hydrogen) atoms. The minimum Gasteiger partial charge on any atom is -0.478 e. The van der Waals surface area contributed by atoms with Crippen molar-refractivity contribution in [3.8, 4) is 5.75 Å². The van der Waals surface area contributed by atoms with Crippen molar-refractivity contribution in [2.45, 2.75) is 44.1 Å². The van der Waals surface area contributed by atoms with Crippen molar-refractivity contribution in [1.82, 2.24) is 0 Å². The van der Waals surface area contributed by atoms with Crippen molar-refractivity contribution in [2.24, 2.45) is 0 Å². The third-order valence-corrected chi connectivity index (χ3v) is 5.36. The fourth-order valence-electron chi connectivity index (χ4n) is 3.70. The molecule has 0 N–H and O–H groups in total. The lowest BCUT2D eigenvalue weighted by Crippen LogP contribution is -2.39. The molecule has 2 aliphatic carbocycles. The van der Waals surface area contributed by atoms with Crippen LogP contribution in [-0.2, 0) is 0 Å². The van der Waals surface area contributed by atoms with Gasteiger partial charge in [-0.25, -0.2) is 0 Å². The van der Waals surface area contributed by atoms with Gasteiger partial charge in [0, 0.05) is 4.47 Å². The third kappa shape index (κ3) is 2.10. The highest BCUT2D eigenvalue weighted by Gasteiger charge is 2.48. The summed E-state index contributed by atoms with van der Waals surface area (Å²) in [6, 6.07) is 5.73. The van der Waals surface area contributed by atoms with Crippen LogP contribution in [0.3, 0.4) is 0 Å². The Balaban J connectivity index is 1.69. The zero-order valence-electron chi connectivity index (χ0n) is 11.8. The van der Waals surface area contributed by atoms with Gasteiger partial charge in [-0.05, 0) is 67.9 Å². The van der Waals surface area contributed by atoms with Crippen LogP contribution in [0.4, 0.5) is 0 Å². The van der Waals surface area contributed by atoms with Gasteiger partial charge in [0.15, 0.2) is 5.60 Å². The van der Waals surface area contributed by atoms with E-state index >= 15 is 0 Å². The van der Waals surface area contributed by atoms with Crippen molar-refractivity contribution in [3.63, 3.8) is 0 Å². The smallest absolute Gasteiger partial charge is 0.210 e.